The summed E-state index contributed by atoms with van der Waals surface area (Å²) in [6.45, 7) is 0. The topological polar surface area (TPSA) is 68.0 Å². The predicted octanol–water partition coefficient (Wildman–Crippen LogP) is 2.69. The van der Waals surface area contributed by atoms with Gasteiger partial charge in [-0.1, -0.05) is 18.2 Å². The number of carbonyl (C=O) groups excluding carboxylic acids is 1. The van der Waals surface area contributed by atoms with Crippen LogP contribution in [0.5, 0.6) is 0 Å². The van der Waals surface area contributed by atoms with E-state index in [1.54, 1.807) is 6.20 Å². The molecule has 0 unspecified atom stereocenters. The highest BCUT2D eigenvalue weighted by molar-refractivity contribution is 5.94. The summed E-state index contributed by atoms with van der Waals surface area (Å²) < 4.78 is 0. The van der Waals surface area contributed by atoms with Gasteiger partial charge in [-0.25, -0.2) is 0 Å². The summed E-state index contributed by atoms with van der Waals surface area (Å²) in [5, 5.41) is 4.01. The van der Waals surface area contributed by atoms with Crippen molar-refractivity contribution in [3.05, 3.63) is 36.5 Å². The molecule has 1 fully saturated rings. The first kappa shape index (κ1) is 13.1. The maximum absolute atomic E-state index is 12.2. The van der Waals surface area contributed by atoms with Crippen LogP contribution in [0.4, 0.5) is 5.69 Å². The van der Waals surface area contributed by atoms with Crippen molar-refractivity contribution in [2.45, 2.75) is 31.7 Å². The third-order valence-corrected chi connectivity index (χ3v) is 4.00. The Balaban J connectivity index is 1.71. The number of carbonyl (C=O) groups is 1. The van der Waals surface area contributed by atoms with Crippen LogP contribution in [0.25, 0.3) is 10.9 Å². The summed E-state index contributed by atoms with van der Waals surface area (Å²) >= 11 is 0. The molecular formula is C16H19N3O. The zero-order valence-corrected chi connectivity index (χ0v) is 11.4. The number of pyridine rings is 1. The largest absolute Gasteiger partial charge is 0.328 e. The lowest BCUT2D eigenvalue weighted by molar-refractivity contribution is -0.120. The predicted molar refractivity (Wildman–Crippen MR) is 80.3 cm³/mol. The molecule has 1 amide bonds. The van der Waals surface area contributed by atoms with E-state index in [1.165, 1.54) is 0 Å². The lowest BCUT2D eigenvalue weighted by Crippen LogP contribution is -2.32. The molecule has 4 nitrogen and oxygen atoms in total. The van der Waals surface area contributed by atoms with Crippen LogP contribution in [0.2, 0.25) is 0 Å². The Morgan fingerprint density at radius 1 is 1.20 bits per heavy atom. The summed E-state index contributed by atoms with van der Waals surface area (Å²) in [6.07, 6.45) is 5.36. The van der Waals surface area contributed by atoms with Crippen molar-refractivity contribution in [1.29, 1.82) is 0 Å². The van der Waals surface area contributed by atoms with Crippen LogP contribution < -0.4 is 11.1 Å². The van der Waals surface area contributed by atoms with Gasteiger partial charge in [-0.15, -0.1) is 0 Å². The first-order chi connectivity index (χ1) is 9.72. The summed E-state index contributed by atoms with van der Waals surface area (Å²) in [6, 6.07) is 10.1. The van der Waals surface area contributed by atoms with E-state index in [4.69, 9.17) is 5.73 Å². The molecule has 1 heterocycles. The normalized spacial score (nSPS) is 22.6. The SMILES string of the molecule is N[C@H]1CC[C@H](C(=O)Nc2cnc3ccccc3c2)CC1. The minimum Gasteiger partial charge on any atom is -0.328 e. The van der Waals surface area contributed by atoms with Gasteiger partial charge in [0.25, 0.3) is 0 Å². The molecule has 0 atom stereocenters. The van der Waals surface area contributed by atoms with Gasteiger partial charge in [-0.05, 0) is 37.8 Å². The molecule has 3 rings (SSSR count). The molecule has 1 aromatic carbocycles. The smallest absolute Gasteiger partial charge is 0.227 e. The van der Waals surface area contributed by atoms with Crippen LogP contribution in [-0.2, 0) is 4.79 Å². The van der Waals surface area contributed by atoms with E-state index >= 15 is 0 Å². The number of hydrogen-bond acceptors (Lipinski definition) is 3. The van der Waals surface area contributed by atoms with E-state index in [0.717, 1.165) is 42.3 Å². The number of benzene rings is 1. The maximum Gasteiger partial charge on any atom is 0.227 e. The first-order valence-electron chi connectivity index (χ1n) is 7.13. The van der Waals surface area contributed by atoms with Gasteiger partial charge in [0.1, 0.15) is 0 Å². The molecule has 1 aliphatic carbocycles. The van der Waals surface area contributed by atoms with Gasteiger partial charge in [-0.3, -0.25) is 9.78 Å². The highest BCUT2D eigenvalue weighted by Gasteiger charge is 2.24. The number of fused-ring (bicyclic) bond motifs is 1. The van der Waals surface area contributed by atoms with E-state index in [9.17, 15) is 4.79 Å². The number of hydrogen-bond donors (Lipinski definition) is 2. The highest BCUT2D eigenvalue weighted by Crippen LogP contribution is 2.25. The summed E-state index contributed by atoms with van der Waals surface area (Å²) in [5.74, 6) is 0.176. The average molecular weight is 269 g/mol. The van der Waals surface area contributed by atoms with Crippen molar-refractivity contribution in [2.24, 2.45) is 11.7 Å². The van der Waals surface area contributed by atoms with Gasteiger partial charge in [0, 0.05) is 17.3 Å². The minimum absolute atomic E-state index is 0.0845. The molecule has 0 bridgehead atoms. The number of aromatic nitrogens is 1. The quantitative estimate of drug-likeness (QED) is 0.880. The summed E-state index contributed by atoms with van der Waals surface area (Å²) in [7, 11) is 0. The molecule has 0 saturated heterocycles. The molecule has 3 N–H and O–H groups in total. The van der Waals surface area contributed by atoms with Crippen molar-refractivity contribution in [2.75, 3.05) is 5.32 Å². The molecule has 0 spiro atoms. The second-order valence-electron chi connectivity index (χ2n) is 5.52. The van der Waals surface area contributed by atoms with Gasteiger partial charge >= 0.3 is 0 Å². The third-order valence-electron chi connectivity index (χ3n) is 4.00. The molecule has 20 heavy (non-hydrogen) atoms. The maximum atomic E-state index is 12.2. The number of anilines is 1. The van der Waals surface area contributed by atoms with Crippen molar-refractivity contribution in [1.82, 2.24) is 4.98 Å². The molecule has 1 saturated carbocycles. The molecule has 0 radical (unpaired) electrons. The molecule has 104 valence electrons. The van der Waals surface area contributed by atoms with Gasteiger partial charge in [-0.2, -0.15) is 0 Å². The zero-order valence-electron chi connectivity index (χ0n) is 11.4. The Morgan fingerprint density at radius 3 is 2.75 bits per heavy atom. The Bertz CT molecular complexity index is 618. The standard InChI is InChI=1S/C16H19N3O/c17-13-7-5-11(6-8-13)16(20)19-14-9-12-3-1-2-4-15(12)18-10-14/h1-4,9-11,13H,5-8,17H2,(H,19,20)/t11-,13-. The fourth-order valence-corrected chi connectivity index (χ4v) is 2.77. The fourth-order valence-electron chi connectivity index (χ4n) is 2.77. The van der Waals surface area contributed by atoms with Crippen LogP contribution in [0.15, 0.2) is 36.5 Å². The Kier molecular flexibility index (Phi) is 3.65. The number of amides is 1. The van der Waals surface area contributed by atoms with E-state index in [2.05, 4.69) is 10.3 Å². The van der Waals surface area contributed by atoms with Gasteiger partial charge in [0.15, 0.2) is 0 Å². The number of para-hydroxylation sites is 1. The van der Waals surface area contributed by atoms with Gasteiger partial charge in [0.05, 0.1) is 17.4 Å². The molecule has 2 aromatic rings. The third kappa shape index (κ3) is 2.80. The molecule has 1 aliphatic rings. The second kappa shape index (κ2) is 5.59. The van der Waals surface area contributed by atoms with E-state index in [0.29, 0.717) is 0 Å². The fraction of sp³-hybridized carbons (Fsp3) is 0.375. The lowest BCUT2D eigenvalue weighted by atomic mass is 9.86. The van der Waals surface area contributed by atoms with Crippen molar-refractivity contribution >= 4 is 22.5 Å². The van der Waals surface area contributed by atoms with Crippen LogP contribution in [0.3, 0.4) is 0 Å². The number of nitrogens with zero attached hydrogens (tertiary/aromatic N) is 1. The minimum atomic E-state index is 0.0845. The van der Waals surface area contributed by atoms with E-state index in [-0.39, 0.29) is 17.9 Å². The van der Waals surface area contributed by atoms with Crippen LogP contribution in [0.1, 0.15) is 25.7 Å². The molecule has 1 aromatic heterocycles. The molecule has 4 heteroatoms. The zero-order chi connectivity index (χ0) is 13.9. The van der Waals surface area contributed by atoms with E-state index in [1.807, 2.05) is 30.3 Å². The van der Waals surface area contributed by atoms with Crippen molar-refractivity contribution in [3.63, 3.8) is 0 Å². The molecule has 0 aliphatic heterocycles. The Labute approximate surface area is 118 Å². The average Bonchev–Trinajstić information content (AvgIpc) is 2.48. The number of nitrogens with two attached hydrogens (primary N) is 1. The van der Waals surface area contributed by atoms with Crippen LogP contribution in [-0.4, -0.2) is 16.9 Å². The molecular weight excluding hydrogens is 250 g/mol. The van der Waals surface area contributed by atoms with Crippen LogP contribution in [0, 0.1) is 5.92 Å². The summed E-state index contributed by atoms with van der Waals surface area (Å²) in [4.78, 5) is 16.6. The van der Waals surface area contributed by atoms with Gasteiger partial charge < -0.3 is 11.1 Å². The Hall–Kier alpha value is -1.94. The lowest BCUT2D eigenvalue weighted by Gasteiger charge is -2.25. The monoisotopic (exact) mass is 269 g/mol. The highest BCUT2D eigenvalue weighted by atomic mass is 16.1. The summed E-state index contributed by atoms with van der Waals surface area (Å²) in [5.41, 5.74) is 7.58. The van der Waals surface area contributed by atoms with Gasteiger partial charge in [0.2, 0.25) is 5.91 Å². The Morgan fingerprint density at radius 2 is 1.95 bits per heavy atom. The van der Waals surface area contributed by atoms with Crippen LogP contribution >= 0.6 is 0 Å². The first-order valence-corrected chi connectivity index (χ1v) is 7.13. The second-order valence-corrected chi connectivity index (χ2v) is 5.52. The number of rotatable bonds is 2. The van der Waals surface area contributed by atoms with Crippen molar-refractivity contribution < 1.29 is 4.79 Å². The number of nitrogens with one attached hydrogen (secondary N) is 1. The van der Waals surface area contributed by atoms with E-state index < -0.39 is 0 Å². The van der Waals surface area contributed by atoms with Crippen molar-refractivity contribution in [3.8, 4) is 0 Å².